The Bertz CT molecular complexity index is 318. The Balaban J connectivity index is 2.71. The van der Waals surface area contributed by atoms with Gasteiger partial charge in [0.1, 0.15) is 0 Å². The van der Waals surface area contributed by atoms with Crippen molar-refractivity contribution in [1.82, 2.24) is 9.78 Å². The van der Waals surface area contributed by atoms with Crippen LogP contribution in [-0.2, 0) is 6.42 Å². The molecule has 1 aromatic heterocycles. The third-order valence-electron chi connectivity index (χ3n) is 3.19. The molecule has 0 aliphatic rings. The fourth-order valence-corrected chi connectivity index (χ4v) is 1.53. The van der Waals surface area contributed by atoms with Crippen molar-refractivity contribution in [2.24, 2.45) is 11.1 Å². The molecule has 2 atom stereocenters. The Kier molecular flexibility index (Phi) is 4.50. The number of hydrogen-bond acceptors (Lipinski definition) is 3. The first kappa shape index (κ1) is 13.2. The minimum atomic E-state index is -0.255. The molecule has 4 heteroatoms. The standard InChI is InChI=1S/C12H23N3O/c1-4-10(2)15-6-5-11(14-15)7-12(3,8-13)9-16/h5-6,10,16H,4,7-9,13H2,1-3H3. The highest BCUT2D eigenvalue weighted by Gasteiger charge is 2.23. The van der Waals surface area contributed by atoms with Gasteiger partial charge < -0.3 is 10.8 Å². The van der Waals surface area contributed by atoms with Crippen LogP contribution in [0, 0.1) is 5.41 Å². The smallest absolute Gasteiger partial charge is 0.0631 e. The van der Waals surface area contributed by atoms with Crippen molar-refractivity contribution in [2.75, 3.05) is 13.2 Å². The lowest BCUT2D eigenvalue weighted by molar-refractivity contribution is 0.148. The van der Waals surface area contributed by atoms with Crippen molar-refractivity contribution in [1.29, 1.82) is 0 Å². The summed E-state index contributed by atoms with van der Waals surface area (Å²) in [4.78, 5) is 0. The number of rotatable bonds is 6. The third kappa shape index (κ3) is 3.06. The Morgan fingerprint density at radius 3 is 2.81 bits per heavy atom. The van der Waals surface area contributed by atoms with E-state index in [1.54, 1.807) is 0 Å². The fourth-order valence-electron chi connectivity index (χ4n) is 1.53. The van der Waals surface area contributed by atoms with Gasteiger partial charge in [0.15, 0.2) is 0 Å². The van der Waals surface area contributed by atoms with Gasteiger partial charge in [-0.2, -0.15) is 5.10 Å². The van der Waals surface area contributed by atoms with Crippen molar-refractivity contribution < 1.29 is 5.11 Å². The summed E-state index contributed by atoms with van der Waals surface area (Å²) in [5, 5.41) is 13.8. The SMILES string of the molecule is CCC(C)n1ccc(CC(C)(CN)CO)n1. The fraction of sp³-hybridized carbons (Fsp3) is 0.750. The van der Waals surface area contributed by atoms with Crippen LogP contribution in [0.1, 0.15) is 38.9 Å². The van der Waals surface area contributed by atoms with Gasteiger partial charge in [-0.15, -0.1) is 0 Å². The van der Waals surface area contributed by atoms with Gasteiger partial charge in [-0.25, -0.2) is 0 Å². The zero-order chi connectivity index (χ0) is 12.2. The molecule has 0 aliphatic heterocycles. The maximum atomic E-state index is 9.29. The zero-order valence-electron chi connectivity index (χ0n) is 10.5. The van der Waals surface area contributed by atoms with Crippen LogP contribution in [0.15, 0.2) is 12.3 Å². The van der Waals surface area contributed by atoms with E-state index < -0.39 is 0 Å². The highest BCUT2D eigenvalue weighted by atomic mass is 16.3. The van der Waals surface area contributed by atoms with Gasteiger partial charge >= 0.3 is 0 Å². The van der Waals surface area contributed by atoms with Crippen LogP contribution in [0.2, 0.25) is 0 Å². The lowest BCUT2D eigenvalue weighted by atomic mass is 9.87. The van der Waals surface area contributed by atoms with E-state index >= 15 is 0 Å². The van der Waals surface area contributed by atoms with Gasteiger partial charge in [0.05, 0.1) is 12.3 Å². The maximum absolute atomic E-state index is 9.29. The Labute approximate surface area is 97.5 Å². The highest BCUT2D eigenvalue weighted by molar-refractivity contribution is 5.03. The Hall–Kier alpha value is -0.870. The van der Waals surface area contributed by atoms with Crippen LogP contribution in [0.4, 0.5) is 0 Å². The second kappa shape index (κ2) is 5.46. The first-order valence-corrected chi connectivity index (χ1v) is 5.89. The molecule has 4 nitrogen and oxygen atoms in total. The summed E-state index contributed by atoms with van der Waals surface area (Å²) >= 11 is 0. The van der Waals surface area contributed by atoms with Crippen LogP contribution in [0.25, 0.3) is 0 Å². The van der Waals surface area contributed by atoms with Crippen LogP contribution < -0.4 is 5.73 Å². The minimum absolute atomic E-state index is 0.0969. The molecule has 1 aromatic rings. The Morgan fingerprint density at radius 1 is 1.62 bits per heavy atom. The predicted octanol–water partition coefficient (Wildman–Crippen LogP) is 1.35. The summed E-state index contributed by atoms with van der Waals surface area (Å²) in [6.45, 7) is 6.84. The van der Waals surface area contributed by atoms with Gasteiger partial charge in [-0.05, 0) is 19.4 Å². The van der Waals surface area contributed by atoms with Gasteiger partial charge in [0.25, 0.3) is 0 Å². The zero-order valence-corrected chi connectivity index (χ0v) is 10.5. The van der Waals surface area contributed by atoms with E-state index in [9.17, 15) is 5.11 Å². The number of nitrogens with zero attached hydrogens (tertiary/aromatic N) is 2. The van der Waals surface area contributed by atoms with E-state index in [-0.39, 0.29) is 12.0 Å². The number of hydrogen-bond donors (Lipinski definition) is 2. The monoisotopic (exact) mass is 225 g/mol. The van der Waals surface area contributed by atoms with Crippen molar-refractivity contribution in [3.05, 3.63) is 18.0 Å². The van der Waals surface area contributed by atoms with E-state index in [4.69, 9.17) is 5.73 Å². The highest BCUT2D eigenvalue weighted by Crippen LogP contribution is 2.20. The molecule has 0 aromatic carbocycles. The summed E-state index contributed by atoms with van der Waals surface area (Å²) in [6.07, 6.45) is 3.79. The maximum Gasteiger partial charge on any atom is 0.0631 e. The number of aromatic nitrogens is 2. The lowest BCUT2D eigenvalue weighted by Gasteiger charge is -2.23. The molecule has 0 saturated carbocycles. The molecule has 0 saturated heterocycles. The predicted molar refractivity (Wildman–Crippen MR) is 65.2 cm³/mol. The summed E-state index contributed by atoms with van der Waals surface area (Å²) in [6, 6.07) is 2.43. The van der Waals surface area contributed by atoms with Crippen molar-refractivity contribution in [3.8, 4) is 0 Å². The molecule has 0 amide bonds. The average Bonchev–Trinajstić information content (AvgIpc) is 2.76. The van der Waals surface area contributed by atoms with Gasteiger partial charge in [0.2, 0.25) is 0 Å². The lowest BCUT2D eigenvalue weighted by Crippen LogP contribution is -2.33. The molecule has 3 N–H and O–H groups in total. The summed E-state index contributed by atoms with van der Waals surface area (Å²) < 4.78 is 1.98. The molecule has 0 fully saturated rings. The molecule has 1 heterocycles. The van der Waals surface area contributed by atoms with Gasteiger partial charge in [0, 0.05) is 30.6 Å². The molecule has 16 heavy (non-hydrogen) atoms. The molecule has 0 radical (unpaired) electrons. The number of aliphatic hydroxyl groups is 1. The van der Waals surface area contributed by atoms with Crippen molar-refractivity contribution >= 4 is 0 Å². The minimum Gasteiger partial charge on any atom is -0.396 e. The van der Waals surface area contributed by atoms with Crippen LogP contribution in [-0.4, -0.2) is 28.0 Å². The molecule has 2 unspecified atom stereocenters. The topological polar surface area (TPSA) is 64.1 Å². The summed E-state index contributed by atoms with van der Waals surface area (Å²) in [5.74, 6) is 0. The third-order valence-corrected chi connectivity index (χ3v) is 3.19. The molecule has 92 valence electrons. The van der Waals surface area contributed by atoms with Gasteiger partial charge in [-0.1, -0.05) is 13.8 Å². The molecule has 0 bridgehead atoms. The number of nitrogens with two attached hydrogens (primary N) is 1. The molecular formula is C12H23N3O. The largest absolute Gasteiger partial charge is 0.396 e. The first-order valence-electron chi connectivity index (χ1n) is 5.89. The van der Waals surface area contributed by atoms with Crippen LogP contribution in [0.3, 0.4) is 0 Å². The molecule has 0 aliphatic carbocycles. The quantitative estimate of drug-likeness (QED) is 0.768. The second-order valence-corrected chi connectivity index (χ2v) is 4.89. The van der Waals surface area contributed by atoms with Crippen LogP contribution in [0.5, 0.6) is 0 Å². The molecular weight excluding hydrogens is 202 g/mol. The van der Waals surface area contributed by atoms with Gasteiger partial charge in [-0.3, -0.25) is 4.68 Å². The van der Waals surface area contributed by atoms with E-state index in [2.05, 4.69) is 18.9 Å². The van der Waals surface area contributed by atoms with E-state index in [0.717, 1.165) is 18.5 Å². The molecule has 1 rings (SSSR count). The van der Waals surface area contributed by atoms with E-state index in [1.807, 2.05) is 23.9 Å². The first-order chi connectivity index (χ1) is 7.54. The van der Waals surface area contributed by atoms with Crippen LogP contribution >= 0.6 is 0 Å². The normalized spacial score (nSPS) is 17.1. The molecule has 0 spiro atoms. The summed E-state index contributed by atoms with van der Waals surface area (Å²) in [7, 11) is 0. The number of aliphatic hydroxyl groups excluding tert-OH is 1. The second-order valence-electron chi connectivity index (χ2n) is 4.89. The van der Waals surface area contributed by atoms with Crippen molar-refractivity contribution in [3.63, 3.8) is 0 Å². The van der Waals surface area contributed by atoms with E-state index in [0.29, 0.717) is 12.6 Å². The average molecular weight is 225 g/mol. The Morgan fingerprint density at radius 2 is 2.31 bits per heavy atom. The summed E-state index contributed by atoms with van der Waals surface area (Å²) in [5.41, 5.74) is 6.41. The van der Waals surface area contributed by atoms with Crippen molar-refractivity contribution in [2.45, 2.75) is 39.7 Å². The van der Waals surface area contributed by atoms with E-state index in [1.165, 1.54) is 0 Å².